The van der Waals surface area contributed by atoms with Crippen molar-refractivity contribution in [1.29, 1.82) is 0 Å². The average Bonchev–Trinajstić information content (AvgIpc) is 2.82. The van der Waals surface area contributed by atoms with Crippen molar-refractivity contribution in [2.75, 3.05) is 26.8 Å². The molecule has 1 heterocycles. The van der Waals surface area contributed by atoms with E-state index in [9.17, 15) is 0 Å². The molecule has 0 aliphatic rings. The topological polar surface area (TPSA) is 26.2 Å². The molecule has 0 spiro atoms. The molecule has 3 heteroatoms. The molecule has 0 aliphatic carbocycles. The van der Waals surface area contributed by atoms with Crippen molar-refractivity contribution < 1.29 is 4.74 Å². The number of rotatable bonds is 7. The van der Waals surface area contributed by atoms with E-state index in [0.717, 1.165) is 32.7 Å². The van der Waals surface area contributed by atoms with E-state index in [1.807, 2.05) is 0 Å². The predicted molar refractivity (Wildman–Crippen MR) is 76.1 cm³/mol. The third-order valence-electron chi connectivity index (χ3n) is 3.27. The Morgan fingerprint density at radius 1 is 1.22 bits per heavy atom. The molecule has 98 valence electrons. The Bertz CT molecular complexity index is 490. The van der Waals surface area contributed by atoms with E-state index >= 15 is 0 Å². The van der Waals surface area contributed by atoms with Crippen LogP contribution in [0.15, 0.2) is 30.5 Å². The maximum Gasteiger partial charge on any atom is 0.0587 e. The number of benzene rings is 1. The second-order valence-electron chi connectivity index (χ2n) is 4.46. The second kappa shape index (κ2) is 6.57. The number of methoxy groups -OCH3 is 1. The normalized spacial score (nSPS) is 11.2. The fourth-order valence-electron chi connectivity index (χ4n) is 2.31. The minimum atomic E-state index is 0.770. The van der Waals surface area contributed by atoms with Gasteiger partial charge in [0.25, 0.3) is 0 Å². The summed E-state index contributed by atoms with van der Waals surface area (Å²) in [5.74, 6) is 0. The van der Waals surface area contributed by atoms with Gasteiger partial charge in [-0.15, -0.1) is 0 Å². The second-order valence-corrected chi connectivity index (χ2v) is 4.46. The number of fused-ring (bicyclic) bond motifs is 1. The first-order chi connectivity index (χ1) is 8.86. The lowest BCUT2D eigenvalue weighted by atomic mass is 10.1. The molecular formula is C15H22N2O. The number of nitrogens with zero attached hydrogens (tertiary/aromatic N) is 1. The molecule has 1 aromatic heterocycles. The van der Waals surface area contributed by atoms with Crippen molar-refractivity contribution >= 4 is 10.9 Å². The van der Waals surface area contributed by atoms with E-state index in [1.54, 1.807) is 7.11 Å². The third kappa shape index (κ3) is 2.92. The van der Waals surface area contributed by atoms with E-state index in [2.05, 4.69) is 47.3 Å². The summed E-state index contributed by atoms with van der Waals surface area (Å²) >= 11 is 0. The Hall–Kier alpha value is -1.32. The van der Waals surface area contributed by atoms with Crippen LogP contribution in [-0.2, 0) is 17.7 Å². The SMILES string of the molecule is CCc1cccc2ccn(CCNCCOC)c12. The van der Waals surface area contributed by atoms with Gasteiger partial charge in [0.2, 0.25) is 0 Å². The fraction of sp³-hybridized carbons (Fsp3) is 0.467. The molecule has 0 atom stereocenters. The highest BCUT2D eigenvalue weighted by atomic mass is 16.5. The van der Waals surface area contributed by atoms with E-state index in [-0.39, 0.29) is 0 Å². The Balaban J connectivity index is 2.04. The molecule has 0 aliphatic heterocycles. The van der Waals surface area contributed by atoms with Crippen LogP contribution in [0.5, 0.6) is 0 Å². The Kier molecular flexibility index (Phi) is 4.79. The van der Waals surface area contributed by atoms with E-state index in [0.29, 0.717) is 0 Å². The number of hydrogen-bond acceptors (Lipinski definition) is 2. The Morgan fingerprint density at radius 2 is 2.11 bits per heavy atom. The fourth-order valence-corrected chi connectivity index (χ4v) is 2.31. The van der Waals surface area contributed by atoms with Gasteiger partial charge in [-0.3, -0.25) is 0 Å². The van der Waals surface area contributed by atoms with Crippen LogP contribution in [0, 0.1) is 0 Å². The maximum atomic E-state index is 5.02. The van der Waals surface area contributed by atoms with Crippen molar-refractivity contribution in [1.82, 2.24) is 9.88 Å². The molecule has 2 aromatic rings. The van der Waals surface area contributed by atoms with Gasteiger partial charge in [-0.1, -0.05) is 25.1 Å². The zero-order chi connectivity index (χ0) is 12.8. The van der Waals surface area contributed by atoms with Crippen molar-refractivity contribution in [2.24, 2.45) is 0 Å². The molecule has 3 nitrogen and oxygen atoms in total. The molecule has 0 saturated carbocycles. The van der Waals surface area contributed by atoms with Crippen molar-refractivity contribution in [3.63, 3.8) is 0 Å². The van der Waals surface area contributed by atoms with Crippen molar-refractivity contribution in [3.05, 3.63) is 36.0 Å². The van der Waals surface area contributed by atoms with Crippen LogP contribution in [0.1, 0.15) is 12.5 Å². The number of nitrogens with one attached hydrogen (secondary N) is 1. The molecule has 0 amide bonds. The molecule has 2 rings (SSSR count). The van der Waals surface area contributed by atoms with Crippen molar-refractivity contribution in [2.45, 2.75) is 19.9 Å². The van der Waals surface area contributed by atoms with Crippen LogP contribution in [0.3, 0.4) is 0 Å². The molecule has 1 aromatic carbocycles. The van der Waals surface area contributed by atoms with Crippen molar-refractivity contribution in [3.8, 4) is 0 Å². The smallest absolute Gasteiger partial charge is 0.0587 e. The standard InChI is InChI=1S/C15H22N2O/c1-3-13-5-4-6-14-7-10-17(15(13)14)11-8-16-9-12-18-2/h4-7,10,16H,3,8-9,11-12H2,1-2H3. The van der Waals surface area contributed by atoms with Crippen LogP contribution in [-0.4, -0.2) is 31.4 Å². The largest absolute Gasteiger partial charge is 0.383 e. The van der Waals surface area contributed by atoms with E-state index in [4.69, 9.17) is 4.74 Å². The average molecular weight is 246 g/mol. The third-order valence-corrected chi connectivity index (χ3v) is 3.27. The first-order valence-corrected chi connectivity index (χ1v) is 6.63. The van der Waals surface area contributed by atoms with Crippen LogP contribution in [0.2, 0.25) is 0 Å². The Labute approximate surface area is 109 Å². The minimum absolute atomic E-state index is 0.770. The summed E-state index contributed by atoms with van der Waals surface area (Å²) in [5.41, 5.74) is 2.81. The molecular weight excluding hydrogens is 224 g/mol. The highest BCUT2D eigenvalue weighted by Crippen LogP contribution is 2.20. The van der Waals surface area contributed by atoms with Crippen LogP contribution >= 0.6 is 0 Å². The van der Waals surface area contributed by atoms with E-state index < -0.39 is 0 Å². The molecule has 0 unspecified atom stereocenters. The summed E-state index contributed by atoms with van der Waals surface area (Å²) in [6.45, 7) is 5.88. The van der Waals surface area contributed by atoms with Crippen LogP contribution in [0.25, 0.3) is 10.9 Å². The molecule has 0 bridgehead atoms. The number of aryl methyl sites for hydroxylation is 1. The maximum absolute atomic E-state index is 5.02. The lowest BCUT2D eigenvalue weighted by Gasteiger charge is -2.09. The van der Waals surface area contributed by atoms with Gasteiger partial charge >= 0.3 is 0 Å². The highest BCUT2D eigenvalue weighted by Gasteiger charge is 2.04. The highest BCUT2D eigenvalue weighted by molar-refractivity contribution is 5.83. The number of para-hydroxylation sites is 1. The van der Waals surface area contributed by atoms with Gasteiger partial charge in [-0.05, 0) is 23.4 Å². The predicted octanol–water partition coefficient (Wildman–Crippen LogP) is 2.44. The zero-order valence-corrected chi connectivity index (χ0v) is 11.3. The summed E-state index contributed by atoms with van der Waals surface area (Å²) in [6, 6.07) is 8.74. The van der Waals surface area contributed by atoms with Crippen LogP contribution in [0.4, 0.5) is 0 Å². The lowest BCUT2D eigenvalue weighted by molar-refractivity contribution is 0.199. The van der Waals surface area contributed by atoms with Gasteiger partial charge in [0.15, 0.2) is 0 Å². The molecule has 18 heavy (non-hydrogen) atoms. The van der Waals surface area contributed by atoms with Gasteiger partial charge in [0.1, 0.15) is 0 Å². The summed E-state index contributed by atoms with van der Waals surface area (Å²) in [6.07, 6.45) is 3.26. The van der Waals surface area contributed by atoms with Gasteiger partial charge in [-0.2, -0.15) is 0 Å². The summed E-state index contributed by atoms with van der Waals surface area (Å²) in [7, 11) is 1.73. The number of ether oxygens (including phenoxy) is 1. The zero-order valence-electron chi connectivity index (χ0n) is 11.3. The van der Waals surface area contributed by atoms with E-state index in [1.165, 1.54) is 16.5 Å². The Morgan fingerprint density at radius 3 is 2.89 bits per heavy atom. The molecule has 0 radical (unpaired) electrons. The molecule has 0 fully saturated rings. The van der Waals surface area contributed by atoms with Gasteiger partial charge in [-0.25, -0.2) is 0 Å². The minimum Gasteiger partial charge on any atom is -0.383 e. The lowest BCUT2D eigenvalue weighted by Crippen LogP contribution is -2.23. The number of aromatic nitrogens is 1. The van der Waals surface area contributed by atoms with Gasteiger partial charge < -0.3 is 14.6 Å². The monoisotopic (exact) mass is 246 g/mol. The molecule has 1 N–H and O–H groups in total. The van der Waals surface area contributed by atoms with Gasteiger partial charge in [0.05, 0.1) is 12.1 Å². The quantitative estimate of drug-likeness (QED) is 0.759. The number of hydrogen-bond donors (Lipinski definition) is 1. The first-order valence-electron chi connectivity index (χ1n) is 6.63. The summed E-state index contributed by atoms with van der Waals surface area (Å²) in [4.78, 5) is 0. The van der Waals surface area contributed by atoms with Crippen LogP contribution < -0.4 is 5.32 Å². The summed E-state index contributed by atoms with van der Waals surface area (Å²) in [5, 5.41) is 4.72. The molecule has 0 saturated heterocycles. The summed E-state index contributed by atoms with van der Waals surface area (Å²) < 4.78 is 7.36. The van der Waals surface area contributed by atoms with Gasteiger partial charge in [0, 0.05) is 32.9 Å². The first kappa shape index (κ1) is 13.1.